The van der Waals surface area contributed by atoms with Gasteiger partial charge in [0.1, 0.15) is 11.9 Å². The van der Waals surface area contributed by atoms with Crippen LogP contribution in [0.15, 0.2) is 24.3 Å². The zero-order valence-electron chi connectivity index (χ0n) is 12.4. The van der Waals surface area contributed by atoms with Crippen molar-refractivity contribution in [2.24, 2.45) is 5.92 Å². The van der Waals surface area contributed by atoms with Gasteiger partial charge in [0.05, 0.1) is 6.54 Å². The lowest BCUT2D eigenvalue weighted by molar-refractivity contribution is -0.144. The topological polar surface area (TPSA) is 49.4 Å². The average molecular weight is 292 g/mol. The molecule has 2 rings (SSSR count). The monoisotopic (exact) mass is 292 g/mol. The van der Waals surface area contributed by atoms with Gasteiger partial charge in [-0.3, -0.25) is 9.59 Å². The third-order valence-electron chi connectivity index (χ3n) is 3.55. The Morgan fingerprint density at radius 3 is 2.81 bits per heavy atom. The Labute approximate surface area is 124 Å². The smallest absolute Gasteiger partial charge is 0.245 e. The second-order valence-electron chi connectivity index (χ2n) is 5.89. The van der Waals surface area contributed by atoms with Crippen LogP contribution in [0.3, 0.4) is 0 Å². The van der Waals surface area contributed by atoms with Gasteiger partial charge in [0.15, 0.2) is 0 Å². The van der Waals surface area contributed by atoms with Crippen LogP contribution in [-0.4, -0.2) is 35.8 Å². The van der Waals surface area contributed by atoms with E-state index < -0.39 is 6.04 Å². The summed E-state index contributed by atoms with van der Waals surface area (Å²) in [5.74, 6) is -0.116. The summed E-state index contributed by atoms with van der Waals surface area (Å²) in [6, 6.07) is 5.89. The highest BCUT2D eigenvalue weighted by atomic mass is 19.1. The number of nitrogens with zero attached hydrogens (tertiary/aromatic N) is 1. The van der Waals surface area contributed by atoms with Gasteiger partial charge in [-0.1, -0.05) is 26.0 Å². The van der Waals surface area contributed by atoms with E-state index in [9.17, 15) is 14.0 Å². The van der Waals surface area contributed by atoms with Crippen molar-refractivity contribution in [1.29, 1.82) is 0 Å². The Kier molecular flexibility index (Phi) is 4.94. The van der Waals surface area contributed by atoms with Crippen LogP contribution in [0.2, 0.25) is 0 Å². The lowest BCUT2D eigenvalue weighted by atomic mass is 10.0. The largest absolute Gasteiger partial charge is 0.343 e. The van der Waals surface area contributed by atoms with E-state index >= 15 is 0 Å². The number of hydrogen-bond donors (Lipinski definition) is 1. The lowest BCUT2D eigenvalue weighted by Crippen LogP contribution is -2.58. The number of halogens is 1. The maximum atomic E-state index is 13.1. The predicted molar refractivity (Wildman–Crippen MR) is 78.1 cm³/mol. The molecule has 21 heavy (non-hydrogen) atoms. The minimum absolute atomic E-state index is 0.0419. The first-order chi connectivity index (χ1) is 9.95. The van der Waals surface area contributed by atoms with Gasteiger partial charge in [0, 0.05) is 6.54 Å². The van der Waals surface area contributed by atoms with Gasteiger partial charge in [-0.15, -0.1) is 0 Å². The van der Waals surface area contributed by atoms with E-state index in [1.807, 2.05) is 19.9 Å². The van der Waals surface area contributed by atoms with Gasteiger partial charge in [-0.25, -0.2) is 4.39 Å². The van der Waals surface area contributed by atoms with Crippen LogP contribution in [0.25, 0.3) is 0 Å². The van der Waals surface area contributed by atoms with Crippen LogP contribution in [0, 0.1) is 11.7 Å². The predicted octanol–water partition coefficient (Wildman–Crippen LogP) is 1.74. The molecule has 1 aromatic carbocycles. The van der Waals surface area contributed by atoms with Crippen LogP contribution < -0.4 is 5.32 Å². The summed E-state index contributed by atoms with van der Waals surface area (Å²) < 4.78 is 13.1. The first kappa shape index (κ1) is 15.5. The molecule has 1 aliphatic heterocycles. The minimum Gasteiger partial charge on any atom is -0.343 e. The highest BCUT2D eigenvalue weighted by Gasteiger charge is 2.32. The molecule has 1 aliphatic rings. The molecule has 1 atom stereocenters. The van der Waals surface area contributed by atoms with Crippen molar-refractivity contribution in [3.05, 3.63) is 35.6 Å². The SMILES string of the molecule is CC(C)CC1NC(=O)CN(CCc2cccc(F)c2)C1=O. The molecule has 0 radical (unpaired) electrons. The molecule has 0 spiro atoms. The van der Waals surface area contributed by atoms with E-state index in [-0.39, 0.29) is 24.2 Å². The molecule has 0 aliphatic carbocycles. The molecule has 1 saturated heterocycles. The average Bonchev–Trinajstić information content (AvgIpc) is 2.40. The molecular formula is C16H21FN2O2. The highest BCUT2D eigenvalue weighted by Crippen LogP contribution is 2.13. The van der Waals surface area contributed by atoms with Crippen LogP contribution >= 0.6 is 0 Å². The van der Waals surface area contributed by atoms with E-state index in [1.165, 1.54) is 12.1 Å². The van der Waals surface area contributed by atoms with Crippen molar-refractivity contribution in [2.75, 3.05) is 13.1 Å². The summed E-state index contributed by atoms with van der Waals surface area (Å²) in [7, 11) is 0. The van der Waals surface area contributed by atoms with Gasteiger partial charge < -0.3 is 10.2 Å². The molecule has 0 bridgehead atoms. The molecule has 114 valence electrons. The molecule has 1 fully saturated rings. The van der Waals surface area contributed by atoms with Crippen molar-refractivity contribution in [2.45, 2.75) is 32.7 Å². The van der Waals surface area contributed by atoms with Crippen LogP contribution in [0.5, 0.6) is 0 Å². The van der Waals surface area contributed by atoms with E-state index in [0.29, 0.717) is 25.3 Å². The van der Waals surface area contributed by atoms with Crippen molar-refractivity contribution in [3.8, 4) is 0 Å². The fraction of sp³-hybridized carbons (Fsp3) is 0.500. The number of piperazine rings is 1. The fourth-order valence-corrected chi connectivity index (χ4v) is 2.55. The molecule has 2 amide bonds. The first-order valence-corrected chi connectivity index (χ1v) is 7.28. The first-order valence-electron chi connectivity index (χ1n) is 7.28. The second-order valence-corrected chi connectivity index (χ2v) is 5.89. The molecule has 0 saturated carbocycles. The van der Waals surface area contributed by atoms with Crippen LogP contribution in [0.1, 0.15) is 25.8 Å². The van der Waals surface area contributed by atoms with E-state index in [4.69, 9.17) is 0 Å². The van der Waals surface area contributed by atoms with Gasteiger partial charge >= 0.3 is 0 Å². The van der Waals surface area contributed by atoms with Gasteiger partial charge in [-0.05, 0) is 36.5 Å². The Morgan fingerprint density at radius 1 is 1.38 bits per heavy atom. The summed E-state index contributed by atoms with van der Waals surface area (Å²) in [5.41, 5.74) is 0.828. The van der Waals surface area contributed by atoms with Crippen molar-refractivity contribution in [1.82, 2.24) is 10.2 Å². The third-order valence-corrected chi connectivity index (χ3v) is 3.55. The maximum Gasteiger partial charge on any atom is 0.245 e. The lowest BCUT2D eigenvalue weighted by Gasteiger charge is -2.33. The van der Waals surface area contributed by atoms with E-state index in [1.54, 1.807) is 11.0 Å². The Balaban J connectivity index is 1.98. The minimum atomic E-state index is -0.432. The quantitative estimate of drug-likeness (QED) is 0.898. The van der Waals surface area contributed by atoms with Crippen molar-refractivity contribution in [3.63, 3.8) is 0 Å². The molecule has 0 aromatic heterocycles. The Hall–Kier alpha value is -1.91. The summed E-state index contributed by atoms with van der Waals surface area (Å²) >= 11 is 0. The van der Waals surface area contributed by atoms with Gasteiger partial charge in [-0.2, -0.15) is 0 Å². The molecule has 4 nitrogen and oxygen atoms in total. The van der Waals surface area contributed by atoms with Crippen LogP contribution in [-0.2, 0) is 16.0 Å². The molecule has 1 aromatic rings. The third kappa shape index (κ3) is 4.28. The molecule has 1 N–H and O–H groups in total. The molecular weight excluding hydrogens is 271 g/mol. The van der Waals surface area contributed by atoms with Crippen LogP contribution in [0.4, 0.5) is 4.39 Å². The number of carbonyl (C=O) groups is 2. The number of nitrogens with one attached hydrogen (secondary N) is 1. The van der Waals surface area contributed by atoms with E-state index in [0.717, 1.165) is 5.56 Å². The van der Waals surface area contributed by atoms with Gasteiger partial charge in [0.2, 0.25) is 11.8 Å². The zero-order chi connectivity index (χ0) is 15.4. The highest BCUT2D eigenvalue weighted by molar-refractivity contribution is 5.94. The summed E-state index contributed by atoms with van der Waals surface area (Å²) in [5, 5.41) is 2.74. The number of hydrogen-bond acceptors (Lipinski definition) is 2. The Morgan fingerprint density at radius 2 is 2.14 bits per heavy atom. The number of benzene rings is 1. The second kappa shape index (κ2) is 6.70. The number of carbonyl (C=O) groups excluding carboxylic acids is 2. The normalized spacial score (nSPS) is 19.0. The van der Waals surface area contributed by atoms with E-state index in [2.05, 4.69) is 5.32 Å². The summed E-state index contributed by atoms with van der Waals surface area (Å²) in [6.45, 7) is 4.56. The fourth-order valence-electron chi connectivity index (χ4n) is 2.55. The maximum absolute atomic E-state index is 13.1. The molecule has 1 unspecified atom stereocenters. The zero-order valence-corrected chi connectivity index (χ0v) is 12.4. The molecule has 1 heterocycles. The van der Waals surface area contributed by atoms with Crippen molar-refractivity contribution >= 4 is 11.8 Å². The van der Waals surface area contributed by atoms with Gasteiger partial charge in [0.25, 0.3) is 0 Å². The Bertz CT molecular complexity index is 531. The molecule has 5 heteroatoms. The summed E-state index contributed by atoms with van der Waals surface area (Å²) in [6.07, 6.45) is 1.19. The summed E-state index contributed by atoms with van der Waals surface area (Å²) in [4.78, 5) is 25.6. The standard InChI is InChI=1S/C16H21FN2O2/c1-11(2)8-14-16(21)19(10-15(20)18-14)7-6-12-4-3-5-13(17)9-12/h3-5,9,11,14H,6-8,10H2,1-2H3,(H,18,20). The number of rotatable bonds is 5. The number of amides is 2. The van der Waals surface area contributed by atoms with Crippen molar-refractivity contribution < 1.29 is 14.0 Å².